The Kier molecular flexibility index (Phi) is 13.1. The molecule has 1 aliphatic rings. The molecule has 10 heteroatoms. The molecule has 1 aliphatic heterocycles. The number of halogens is 5. The lowest BCUT2D eigenvalue weighted by atomic mass is 9.80. The Morgan fingerprint density at radius 1 is 0.821 bits per heavy atom. The molecule has 0 aliphatic carbocycles. The number of rotatable bonds is 7. The van der Waals surface area contributed by atoms with E-state index in [2.05, 4.69) is 27.3 Å². The third kappa shape index (κ3) is 7.69. The highest BCUT2D eigenvalue weighted by atomic mass is 35.5. The molecule has 0 spiro atoms. The number of aliphatic hydroxyl groups is 1. The van der Waals surface area contributed by atoms with Gasteiger partial charge in [-0.15, -0.1) is 37.2 Å². The molecule has 2 heterocycles. The fourth-order valence-corrected chi connectivity index (χ4v) is 5.61. The molecule has 3 aromatic carbocycles. The van der Waals surface area contributed by atoms with Gasteiger partial charge in [0.15, 0.2) is 0 Å². The van der Waals surface area contributed by atoms with Crippen molar-refractivity contribution in [1.82, 2.24) is 20.2 Å². The Morgan fingerprint density at radius 2 is 1.38 bits per heavy atom. The molecule has 1 saturated heterocycles. The smallest absolute Gasteiger partial charge is 0.137 e. The summed E-state index contributed by atoms with van der Waals surface area (Å²) in [6.07, 6.45) is -0.847. The number of H-pyrrole nitrogens is 1. The minimum absolute atomic E-state index is 0. The molecule has 2 atom stereocenters. The lowest BCUT2D eigenvalue weighted by Gasteiger charge is -2.42. The maximum absolute atomic E-state index is 12.1. The summed E-state index contributed by atoms with van der Waals surface area (Å²) in [7, 11) is 0. The summed E-state index contributed by atoms with van der Waals surface area (Å²) in [6, 6.07) is 25.5. The van der Waals surface area contributed by atoms with Crippen LogP contribution in [0.5, 0.6) is 0 Å². The molecule has 39 heavy (non-hydrogen) atoms. The number of piperazine rings is 1. The topological polar surface area (TPSA) is 64.2 Å². The number of aryl methyl sites for hydroxylation is 1. The monoisotopic (exact) mass is 628 g/mol. The van der Waals surface area contributed by atoms with E-state index in [0.29, 0.717) is 15.7 Å². The standard InChI is InChI=1S/C29H30Cl2N4O.3ClH/c1-19-26(34-29(33-19)20-7-3-2-4-8-20)28(36)27(35-15-13-32-14-16-35)25(21-9-5-11-23(30)17-21)22-10-6-12-24(31)18-22;;;/h2-12,17-18,25,27-28,32,36H,13-16H2,1H3,(H,33,34);3*1H. The van der Waals surface area contributed by atoms with E-state index < -0.39 is 6.10 Å². The molecule has 1 aromatic heterocycles. The molecule has 3 N–H and O–H groups in total. The SMILES string of the molecule is Cc1[nH]c(-c2ccccc2)nc1C(O)C(C(c1cccc(Cl)c1)c1cccc(Cl)c1)N1CCNCC1.Cl.Cl.Cl. The van der Waals surface area contributed by atoms with Crippen LogP contribution in [0.2, 0.25) is 10.0 Å². The molecule has 0 saturated carbocycles. The van der Waals surface area contributed by atoms with Crippen LogP contribution < -0.4 is 5.32 Å². The third-order valence-electron chi connectivity index (χ3n) is 6.90. The lowest BCUT2D eigenvalue weighted by molar-refractivity contribution is 0.0295. The van der Waals surface area contributed by atoms with Gasteiger partial charge in [0.2, 0.25) is 0 Å². The first-order chi connectivity index (χ1) is 17.5. The molecular weight excluding hydrogens is 598 g/mol. The van der Waals surface area contributed by atoms with Gasteiger partial charge < -0.3 is 15.4 Å². The zero-order valence-electron chi connectivity index (χ0n) is 21.4. The maximum atomic E-state index is 12.1. The van der Waals surface area contributed by atoms with E-state index in [1.807, 2.05) is 73.7 Å². The molecule has 0 bridgehead atoms. The van der Waals surface area contributed by atoms with Crippen molar-refractivity contribution in [1.29, 1.82) is 0 Å². The van der Waals surface area contributed by atoms with Gasteiger partial charge >= 0.3 is 0 Å². The van der Waals surface area contributed by atoms with Gasteiger partial charge in [0, 0.05) is 53.4 Å². The van der Waals surface area contributed by atoms with E-state index in [9.17, 15) is 5.11 Å². The van der Waals surface area contributed by atoms with Crippen LogP contribution in [0, 0.1) is 6.92 Å². The molecule has 4 aromatic rings. The summed E-state index contributed by atoms with van der Waals surface area (Å²) in [5.74, 6) is 0.579. The number of aromatic amines is 1. The van der Waals surface area contributed by atoms with Crippen LogP contribution >= 0.6 is 60.4 Å². The van der Waals surface area contributed by atoms with Crippen LogP contribution in [0.25, 0.3) is 11.4 Å². The Bertz CT molecular complexity index is 1270. The van der Waals surface area contributed by atoms with Gasteiger partial charge in [0.05, 0.1) is 11.7 Å². The predicted molar refractivity (Wildman–Crippen MR) is 168 cm³/mol. The molecule has 0 radical (unpaired) electrons. The average molecular weight is 631 g/mol. The van der Waals surface area contributed by atoms with Crippen LogP contribution in [0.1, 0.15) is 34.5 Å². The van der Waals surface area contributed by atoms with Crippen LogP contribution in [-0.2, 0) is 0 Å². The van der Waals surface area contributed by atoms with Gasteiger partial charge in [-0.2, -0.15) is 0 Å². The van der Waals surface area contributed by atoms with E-state index in [1.165, 1.54) is 0 Å². The first kappa shape index (κ1) is 33.4. The van der Waals surface area contributed by atoms with Crippen molar-refractivity contribution in [3.63, 3.8) is 0 Å². The van der Waals surface area contributed by atoms with Crippen molar-refractivity contribution >= 4 is 60.4 Å². The van der Waals surface area contributed by atoms with Crippen molar-refractivity contribution < 1.29 is 5.11 Å². The van der Waals surface area contributed by atoms with Crippen molar-refractivity contribution in [3.05, 3.63) is 111 Å². The summed E-state index contributed by atoms with van der Waals surface area (Å²) in [4.78, 5) is 10.7. The van der Waals surface area contributed by atoms with E-state index >= 15 is 0 Å². The van der Waals surface area contributed by atoms with Gasteiger partial charge in [-0.1, -0.05) is 77.8 Å². The Balaban J connectivity index is 0.00000178. The van der Waals surface area contributed by atoms with Crippen molar-refractivity contribution in [2.75, 3.05) is 26.2 Å². The highest BCUT2D eigenvalue weighted by molar-refractivity contribution is 6.31. The number of benzene rings is 3. The van der Waals surface area contributed by atoms with Gasteiger partial charge in [0.25, 0.3) is 0 Å². The van der Waals surface area contributed by atoms with Crippen molar-refractivity contribution in [2.24, 2.45) is 0 Å². The molecule has 1 fully saturated rings. The molecule has 2 unspecified atom stereocenters. The third-order valence-corrected chi connectivity index (χ3v) is 7.37. The minimum atomic E-state index is -0.847. The Labute approximate surface area is 258 Å². The number of hydrogen-bond acceptors (Lipinski definition) is 4. The van der Waals surface area contributed by atoms with E-state index in [0.717, 1.165) is 54.4 Å². The second kappa shape index (κ2) is 15.3. The number of hydrogen-bond donors (Lipinski definition) is 3. The predicted octanol–water partition coefficient (Wildman–Crippen LogP) is 7.10. The van der Waals surface area contributed by atoms with E-state index in [4.69, 9.17) is 28.2 Å². The second-order valence-corrected chi connectivity index (χ2v) is 10.1. The normalized spacial score (nSPS) is 15.0. The Morgan fingerprint density at radius 3 is 1.92 bits per heavy atom. The number of nitrogens with one attached hydrogen (secondary N) is 2. The summed E-state index contributed by atoms with van der Waals surface area (Å²) in [5, 5.41) is 16.9. The molecular formula is C29H33Cl5N4O. The first-order valence-electron chi connectivity index (χ1n) is 12.3. The van der Waals surface area contributed by atoms with Gasteiger partial charge in [0.1, 0.15) is 11.9 Å². The van der Waals surface area contributed by atoms with Crippen LogP contribution in [0.4, 0.5) is 0 Å². The average Bonchev–Trinajstić information content (AvgIpc) is 3.29. The number of nitrogens with zero attached hydrogens (tertiary/aromatic N) is 2. The highest BCUT2D eigenvalue weighted by Gasteiger charge is 2.39. The largest absolute Gasteiger partial charge is 0.385 e. The molecule has 5 rings (SSSR count). The summed E-state index contributed by atoms with van der Waals surface area (Å²) >= 11 is 12.9. The fraction of sp³-hybridized carbons (Fsp3) is 0.276. The number of aliphatic hydroxyl groups excluding tert-OH is 1. The molecule has 0 amide bonds. The highest BCUT2D eigenvalue weighted by Crippen LogP contribution is 2.40. The zero-order chi connectivity index (χ0) is 25.1. The number of aromatic nitrogens is 2. The van der Waals surface area contributed by atoms with E-state index in [1.54, 1.807) is 0 Å². The van der Waals surface area contributed by atoms with Crippen molar-refractivity contribution in [3.8, 4) is 11.4 Å². The minimum Gasteiger partial charge on any atom is -0.385 e. The van der Waals surface area contributed by atoms with Crippen LogP contribution in [-0.4, -0.2) is 52.2 Å². The van der Waals surface area contributed by atoms with Crippen molar-refractivity contribution in [2.45, 2.75) is 25.0 Å². The summed E-state index contributed by atoms with van der Waals surface area (Å²) in [6.45, 7) is 5.31. The first-order valence-corrected chi connectivity index (χ1v) is 13.0. The molecule has 5 nitrogen and oxygen atoms in total. The zero-order valence-corrected chi connectivity index (χ0v) is 25.3. The van der Waals surface area contributed by atoms with E-state index in [-0.39, 0.29) is 49.2 Å². The maximum Gasteiger partial charge on any atom is 0.137 e. The molecule has 210 valence electrons. The lowest BCUT2D eigenvalue weighted by Crippen LogP contribution is -2.52. The van der Waals surface area contributed by atoms with Gasteiger partial charge in [-0.05, 0) is 42.3 Å². The second-order valence-electron chi connectivity index (χ2n) is 9.27. The fourth-order valence-electron chi connectivity index (χ4n) is 5.22. The summed E-state index contributed by atoms with van der Waals surface area (Å²) < 4.78 is 0. The number of imidazole rings is 1. The van der Waals surface area contributed by atoms with Gasteiger partial charge in [-0.25, -0.2) is 4.98 Å². The van der Waals surface area contributed by atoms with Crippen LogP contribution in [0.3, 0.4) is 0 Å². The Hall–Kier alpha value is -1.80. The summed E-state index contributed by atoms with van der Waals surface area (Å²) in [5.41, 5.74) is 4.57. The van der Waals surface area contributed by atoms with Crippen LogP contribution in [0.15, 0.2) is 78.9 Å². The van der Waals surface area contributed by atoms with Gasteiger partial charge in [-0.3, -0.25) is 4.90 Å². The quantitative estimate of drug-likeness (QED) is 0.204.